The summed E-state index contributed by atoms with van der Waals surface area (Å²) in [4.78, 5) is 42.0. The molecule has 10 heteroatoms. The summed E-state index contributed by atoms with van der Waals surface area (Å²) in [5.74, 6) is 0.0138. The van der Waals surface area contributed by atoms with Gasteiger partial charge in [-0.1, -0.05) is 49.4 Å². The van der Waals surface area contributed by atoms with Gasteiger partial charge in [-0.3, -0.25) is 9.59 Å². The molecule has 2 aliphatic heterocycles. The second-order valence-corrected chi connectivity index (χ2v) is 12.0. The minimum atomic E-state index is -0.621. The Kier molecular flexibility index (Phi) is 7.94. The van der Waals surface area contributed by atoms with E-state index in [9.17, 15) is 9.59 Å². The Morgan fingerprint density at radius 3 is 2.43 bits per heavy atom. The standard InChI is InChI=1S/C32H34N4O5S/c1-4-25-18-26-28(33-31(34-29(26)42-25)39-19-24-20-40-32(2,3)41-24)35-13-15-36(16-14-35)30(38)23-12-8-11-22(17-23)27(37)21-9-6-5-7-10-21/h5-12,17-18,24H,4,13-16,19-20H2,1-3H3. The Balaban J connectivity index is 1.16. The van der Waals surface area contributed by atoms with Crippen LogP contribution in [0.25, 0.3) is 10.2 Å². The number of hydrogen-bond acceptors (Lipinski definition) is 9. The van der Waals surface area contributed by atoms with Gasteiger partial charge >= 0.3 is 6.01 Å². The molecule has 1 atom stereocenters. The molecule has 0 radical (unpaired) electrons. The highest BCUT2D eigenvalue weighted by atomic mass is 32.1. The molecule has 42 heavy (non-hydrogen) atoms. The molecule has 1 amide bonds. The number of carbonyl (C=O) groups is 2. The summed E-state index contributed by atoms with van der Waals surface area (Å²) < 4.78 is 17.5. The fourth-order valence-corrected chi connectivity index (χ4v) is 6.24. The lowest BCUT2D eigenvalue weighted by Crippen LogP contribution is -2.49. The van der Waals surface area contributed by atoms with Crippen molar-refractivity contribution >= 4 is 39.1 Å². The summed E-state index contributed by atoms with van der Waals surface area (Å²) in [6.07, 6.45) is 0.723. The number of aryl methyl sites for hydroxylation is 1. The van der Waals surface area contributed by atoms with Gasteiger partial charge in [-0.05, 0) is 38.5 Å². The number of carbonyl (C=O) groups excluding carboxylic acids is 2. The van der Waals surface area contributed by atoms with E-state index >= 15 is 0 Å². The van der Waals surface area contributed by atoms with Crippen LogP contribution in [0.4, 0.5) is 5.82 Å². The molecular formula is C32H34N4O5S. The molecular weight excluding hydrogens is 552 g/mol. The third-order valence-corrected chi connectivity index (χ3v) is 8.66. The van der Waals surface area contributed by atoms with Gasteiger partial charge in [-0.15, -0.1) is 11.3 Å². The first kappa shape index (κ1) is 28.3. The molecule has 2 aromatic heterocycles. The van der Waals surface area contributed by atoms with Crippen LogP contribution in [0.15, 0.2) is 60.7 Å². The summed E-state index contributed by atoms with van der Waals surface area (Å²) in [7, 11) is 0. The van der Waals surface area contributed by atoms with Crippen molar-refractivity contribution in [3.63, 3.8) is 0 Å². The molecule has 2 aromatic carbocycles. The minimum Gasteiger partial charge on any atom is -0.461 e. The summed E-state index contributed by atoms with van der Waals surface area (Å²) >= 11 is 1.65. The highest BCUT2D eigenvalue weighted by molar-refractivity contribution is 7.18. The second-order valence-electron chi connectivity index (χ2n) is 10.9. The smallest absolute Gasteiger partial charge is 0.319 e. The molecule has 0 aliphatic carbocycles. The molecule has 0 saturated carbocycles. The minimum absolute atomic E-state index is 0.0836. The Morgan fingerprint density at radius 2 is 1.71 bits per heavy atom. The number of ether oxygens (including phenoxy) is 3. The topological polar surface area (TPSA) is 94.1 Å². The van der Waals surface area contributed by atoms with E-state index in [2.05, 4.69) is 17.9 Å². The largest absolute Gasteiger partial charge is 0.461 e. The van der Waals surface area contributed by atoms with E-state index in [1.165, 1.54) is 4.88 Å². The van der Waals surface area contributed by atoms with E-state index in [-0.39, 0.29) is 17.8 Å². The average Bonchev–Trinajstić information content (AvgIpc) is 3.61. The van der Waals surface area contributed by atoms with Crippen LogP contribution in [0, 0.1) is 0 Å². The predicted molar refractivity (Wildman–Crippen MR) is 162 cm³/mol. The highest BCUT2D eigenvalue weighted by Gasteiger charge is 2.33. The van der Waals surface area contributed by atoms with Gasteiger partial charge in [0.15, 0.2) is 11.6 Å². The fraction of sp³-hybridized carbons (Fsp3) is 0.375. The molecule has 0 bridgehead atoms. The van der Waals surface area contributed by atoms with E-state index in [4.69, 9.17) is 24.2 Å². The molecule has 9 nitrogen and oxygen atoms in total. The summed E-state index contributed by atoms with van der Waals surface area (Å²) in [6.45, 7) is 8.95. The molecule has 2 saturated heterocycles. The van der Waals surface area contributed by atoms with Crippen molar-refractivity contribution in [2.24, 2.45) is 0 Å². The first-order valence-corrected chi connectivity index (χ1v) is 15.1. The molecule has 2 aliphatic rings. The van der Waals surface area contributed by atoms with Crippen molar-refractivity contribution in [3.05, 3.63) is 82.2 Å². The Labute approximate surface area is 249 Å². The highest BCUT2D eigenvalue weighted by Crippen LogP contribution is 2.34. The van der Waals surface area contributed by atoms with Gasteiger partial charge < -0.3 is 24.0 Å². The van der Waals surface area contributed by atoms with Crippen LogP contribution in [-0.4, -0.2) is 77.8 Å². The number of fused-ring (bicyclic) bond motifs is 1. The van der Waals surface area contributed by atoms with E-state index in [0.29, 0.717) is 62.1 Å². The third-order valence-electron chi connectivity index (χ3n) is 7.49. The van der Waals surface area contributed by atoms with Gasteiger partial charge in [0.05, 0.1) is 12.0 Å². The molecule has 0 N–H and O–H groups in total. The van der Waals surface area contributed by atoms with Gasteiger partial charge in [0, 0.05) is 47.7 Å². The van der Waals surface area contributed by atoms with Gasteiger partial charge in [0.25, 0.3) is 5.91 Å². The number of hydrogen-bond donors (Lipinski definition) is 0. The number of piperazine rings is 1. The lowest BCUT2D eigenvalue weighted by atomic mass is 10.0. The number of benzene rings is 2. The number of ketones is 1. The lowest BCUT2D eigenvalue weighted by Gasteiger charge is -2.35. The van der Waals surface area contributed by atoms with Crippen molar-refractivity contribution in [2.45, 2.75) is 39.1 Å². The second kappa shape index (κ2) is 11.8. The van der Waals surface area contributed by atoms with Crippen molar-refractivity contribution in [3.8, 4) is 6.01 Å². The first-order chi connectivity index (χ1) is 20.3. The molecule has 4 aromatic rings. The fourth-order valence-electron chi connectivity index (χ4n) is 5.28. The Hall–Kier alpha value is -3.86. The van der Waals surface area contributed by atoms with Gasteiger partial charge in [0.2, 0.25) is 0 Å². The summed E-state index contributed by atoms with van der Waals surface area (Å²) in [5, 5.41) is 0.998. The third kappa shape index (κ3) is 6.01. The lowest BCUT2D eigenvalue weighted by molar-refractivity contribution is -0.141. The zero-order chi connectivity index (χ0) is 29.3. The van der Waals surface area contributed by atoms with Crippen LogP contribution < -0.4 is 9.64 Å². The zero-order valence-corrected chi connectivity index (χ0v) is 24.9. The van der Waals surface area contributed by atoms with E-state index in [1.807, 2.05) is 36.9 Å². The van der Waals surface area contributed by atoms with Gasteiger partial charge in [-0.25, -0.2) is 0 Å². The molecule has 218 valence electrons. The molecule has 0 spiro atoms. The van der Waals surface area contributed by atoms with Crippen LogP contribution in [-0.2, 0) is 15.9 Å². The van der Waals surface area contributed by atoms with E-state index < -0.39 is 5.79 Å². The van der Waals surface area contributed by atoms with Crippen molar-refractivity contribution in [2.75, 3.05) is 44.3 Å². The molecule has 1 unspecified atom stereocenters. The first-order valence-electron chi connectivity index (χ1n) is 14.3. The van der Waals surface area contributed by atoms with E-state index in [0.717, 1.165) is 22.5 Å². The number of anilines is 1. The molecule has 4 heterocycles. The number of thiophene rings is 1. The Morgan fingerprint density at radius 1 is 0.976 bits per heavy atom. The van der Waals surface area contributed by atoms with Crippen molar-refractivity contribution in [1.82, 2.24) is 14.9 Å². The number of aromatic nitrogens is 2. The van der Waals surface area contributed by atoms with Crippen LogP contribution in [0.1, 0.15) is 51.9 Å². The molecule has 2 fully saturated rings. The maximum Gasteiger partial charge on any atom is 0.319 e. The Bertz CT molecular complexity index is 1600. The summed E-state index contributed by atoms with van der Waals surface area (Å²) in [6, 6.07) is 18.6. The van der Waals surface area contributed by atoms with Gasteiger partial charge in [-0.2, -0.15) is 9.97 Å². The van der Waals surface area contributed by atoms with Crippen LogP contribution in [0.3, 0.4) is 0 Å². The van der Waals surface area contributed by atoms with Crippen molar-refractivity contribution in [1.29, 1.82) is 0 Å². The maximum atomic E-state index is 13.4. The summed E-state index contributed by atoms with van der Waals surface area (Å²) in [5.41, 5.74) is 1.61. The average molecular weight is 587 g/mol. The number of rotatable bonds is 8. The van der Waals surface area contributed by atoms with Crippen LogP contribution in [0.5, 0.6) is 6.01 Å². The zero-order valence-electron chi connectivity index (χ0n) is 24.0. The maximum absolute atomic E-state index is 13.4. The SMILES string of the molecule is CCc1cc2c(N3CCN(C(=O)c4cccc(C(=O)c5ccccc5)c4)CC3)nc(OCC3COC(C)(C)O3)nc2s1. The van der Waals surface area contributed by atoms with Gasteiger partial charge in [0.1, 0.15) is 23.4 Å². The number of amides is 1. The predicted octanol–water partition coefficient (Wildman–Crippen LogP) is 4.98. The van der Waals surface area contributed by atoms with E-state index in [1.54, 1.807) is 47.7 Å². The normalized spacial score (nSPS) is 18.4. The molecule has 6 rings (SSSR count). The van der Waals surface area contributed by atoms with Crippen molar-refractivity contribution < 1.29 is 23.8 Å². The quantitative estimate of drug-likeness (QED) is 0.267. The number of nitrogens with zero attached hydrogens (tertiary/aromatic N) is 4. The monoisotopic (exact) mass is 586 g/mol. The van der Waals surface area contributed by atoms with Crippen LogP contribution >= 0.6 is 11.3 Å². The van der Waals surface area contributed by atoms with Crippen LogP contribution in [0.2, 0.25) is 0 Å².